The van der Waals surface area contributed by atoms with E-state index in [2.05, 4.69) is 67.7 Å². The number of benzene rings is 1. The highest BCUT2D eigenvalue weighted by molar-refractivity contribution is 7.24. The third-order valence-electron chi connectivity index (χ3n) is 7.48. The van der Waals surface area contributed by atoms with Crippen molar-refractivity contribution in [3.63, 3.8) is 0 Å². The van der Waals surface area contributed by atoms with Crippen LogP contribution in [0.2, 0.25) is 6.32 Å². The van der Waals surface area contributed by atoms with Crippen molar-refractivity contribution in [1.82, 2.24) is 9.55 Å². The summed E-state index contributed by atoms with van der Waals surface area (Å²) in [5, 5.41) is 2.27. The molecule has 2 aromatic heterocycles. The molecule has 0 atom stereocenters. The molecule has 0 N–H and O–H groups in total. The first kappa shape index (κ1) is 34.2. The van der Waals surface area contributed by atoms with Gasteiger partial charge >= 0.3 is 0 Å². The lowest BCUT2D eigenvalue weighted by molar-refractivity contribution is 0.418. The van der Waals surface area contributed by atoms with E-state index in [4.69, 9.17) is 16.3 Å². The molecule has 0 aliphatic heterocycles. The number of allylic oxidation sites excluding steroid dienone is 1. The van der Waals surface area contributed by atoms with Crippen LogP contribution < -0.4 is 15.0 Å². The maximum Gasteiger partial charge on any atom is 0.230 e. The first-order chi connectivity index (χ1) is 19.3. The zero-order valence-electron chi connectivity index (χ0n) is 25.9. The molecule has 0 aliphatic rings. The Bertz CT molecular complexity index is 1100. The Balaban J connectivity index is 0.000000286. The summed E-state index contributed by atoms with van der Waals surface area (Å²) < 4.78 is 9.16. The molecule has 0 unspecified atom stereocenters. The molecule has 0 fully saturated rings. The highest BCUT2D eigenvalue weighted by Gasteiger charge is 2.25. The van der Waals surface area contributed by atoms with Crippen LogP contribution in [0.4, 0.5) is 0 Å². The second kappa shape index (κ2) is 19.2. The van der Waals surface area contributed by atoms with Crippen molar-refractivity contribution in [1.29, 1.82) is 0 Å². The lowest BCUT2D eigenvalue weighted by atomic mass is 9.41. The van der Waals surface area contributed by atoms with Crippen LogP contribution in [-0.2, 0) is 12.0 Å². The van der Waals surface area contributed by atoms with E-state index in [-0.39, 0.29) is 12.1 Å². The monoisotopic (exact) mass is 582 g/mol. The normalized spacial score (nSPS) is 11.5. The Kier molecular flexibility index (Phi) is 16.4. The molecule has 2 heterocycles. The maximum absolute atomic E-state index is 5.76. The van der Waals surface area contributed by atoms with Gasteiger partial charge in [0.25, 0.3) is 0 Å². The summed E-state index contributed by atoms with van der Waals surface area (Å²) in [5.74, 6) is 0.932. The minimum absolute atomic E-state index is 0.169. The van der Waals surface area contributed by atoms with Crippen molar-refractivity contribution in [2.45, 2.75) is 117 Å². The van der Waals surface area contributed by atoms with E-state index in [9.17, 15) is 0 Å². The molecule has 0 saturated heterocycles. The average Bonchev–Trinajstić information content (AvgIpc) is 3.60. The second-order valence-electron chi connectivity index (χ2n) is 11.8. The van der Waals surface area contributed by atoms with Gasteiger partial charge in [0.2, 0.25) is 6.71 Å². The molecule has 0 aliphatic carbocycles. The molecule has 220 valence electrons. The molecule has 0 amide bonds. The van der Waals surface area contributed by atoms with E-state index in [1.165, 1.54) is 85.7 Å². The predicted octanol–water partition coefficient (Wildman–Crippen LogP) is 9.53. The summed E-state index contributed by atoms with van der Waals surface area (Å²) in [6.07, 6.45) is 20.8. The van der Waals surface area contributed by atoms with Crippen LogP contribution in [0.3, 0.4) is 0 Å². The van der Waals surface area contributed by atoms with Gasteiger partial charge in [0.15, 0.2) is 0 Å². The van der Waals surface area contributed by atoms with E-state index < -0.39 is 0 Å². The van der Waals surface area contributed by atoms with Crippen LogP contribution in [0, 0.1) is 6.92 Å². The van der Waals surface area contributed by atoms with Gasteiger partial charge in [0.05, 0.1) is 13.4 Å². The third kappa shape index (κ3) is 12.3. The molecule has 1 aromatic carbocycles. The van der Waals surface area contributed by atoms with Gasteiger partial charge in [-0.1, -0.05) is 127 Å². The number of para-hydroxylation sites is 1. The fourth-order valence-corrected chi connectivity index (χ4v) is 6.23. The largest absolute Gasteiger partial charge is 0.497 e. The number of rotatable bonds is 16. The number of methoxy groups -OCH3 is 1. The Morgan fingerprint density at radius 3 is 2.20 bits per heavy atom. The summed E-state index contributed by atoms with van der Waals surface area (Å²) in [5.41, 5.74) is 5.64. The number of thiophene rings is 1. The van der Waals surface area contributed by atoms with Gasteiger partial charge in [-0.25, -0.2) is 4.98 Å². The second-order valence-corrected chi connectivity index (χ2v) is 13.0. The zero-order chi connectivity index (χ0) is 29.2. The van der Waals surface area contributed by atoms with Gasteiger partial charge in [0.1, 0.15) is 5.75 Å². The Morgan fingerprint density at radius 2 is 1.65 bits per heavy atom. The molecule has 0 spiro atoms. The number of hydrogen-bond donors (Lipinski definition) is 0. The summed E-state index contributed by atoms with van der Waals surface area (Å²) >= 11 is 7.58. The standard InChI is InChI=1S/C18H22BClOS.C16H30N2/c1-18(2,3)14-12-17(22-13-14)19(10-7-11-20)15-8-5-6-9-16(15)21-4;1-3-4-5-6-7-8-9-10-11-12-13-18-15-17-14-16(18)2/h5-9,11-13H,10H2,1-4H3;14-15H,3-13H2,1-2H3. The number of halogens is 1. The van der Waals surface area contributed by atoms with Gasteiger partial charge in [-0.15, -0.1) is 0 Å². The minimum atomic E-state index is 0.169. The average molecular weight is 583 g/mol. The Morgan fingerprint density at radius 1 is 1.00 bits per heavy atom. The number of hydrogen-bond acceptors (Lipinski definition) is 3. The summed E-state index contributed by atoms with van der Waals surface area (Å²) in [6.45, 7) is 12.6. The number of aryl methyl sites for hydroxylation is 2. The van der Waals surface area contributed by atoms with Crippen LogP contribution in [-0.4, -0.2) is 23.4 Å². The van der Waals surface area contributed by atoms with Gasteiger partial charge in [-0.05, 0) is 57.9 Å². The van der Waals surface area contributed by atoms with Crippen molar-refractivity contribution in [3.8, 4) is 5.75 Å². The molecule has 3 aromatic rings. The van der Waals surface area contributed by atoms with Crippen molar-refractivity contribution in [3.05, 3.63) is 71.1 Å². The lowest BCUT2D eigenvalue weighted by Crippen LogP contribution is -2.40. The number of unbranched alkanes of at least 4 members (excludes halogenated alkanes) is 9. The topological polar surface area (TPSA) is 27.1 Å². The van der Waals surface area contributed by atoms with Gasteiger partial charge in [-0.2, -0.15) is 11.3 Å². The fourth-order valence-electron chi connectivity index (χ4n) is 4.86. The van der Waals surface area contributed by atoms with Gasteiger partial charge in [0, 0.05) is 18.4 Å². The highest BCUT2D eigenvalue weighted by Crippen LogP contribution is 2.24. The Labute approximate surface area is 254 Å². The number of aromatic nitrogens is 2. The Hall–Kier alpha value is -1.98. The lowest BCUT2D eigenvalue weighted by Gasteiger charge is -2.17. The molecular formula is C34H52BClN2OS. The van der Waals surface area contributed by atoms with Crippen LogP contribution in [0.1, 0.15) is 103 Å². The molecular weight excluding hydrogens is 531 g/mol. The van der Waals surface area contributed by atoms with E-state index >= 15 is 0 Å². The molecule has 40 heavy (non-hydrogen) atoms. The van der Waals surface area contributed by atoms with E-state index in [0.717, 1.165) is 18.6 Å². The fraction of sp³-hybridized carbons (Fsp3) is 0.559. The molecule has 0 radical (unpaired) electrons. The number of nitrogens with zero attached hydrogens (tertiary/aromatic N) is 2. The quantitative estimate of drug-likeness (QED) is 0.124. The van der Waals surface area contributed by atoms with Crippen molar-refractivity contribution in [2.75, 3.05) is 7.11 Å². The third-order valence-corrected chi connectivity index (χ3v) is 8.70. The van der Waals surface area contributed by atoms with Crippen molar-refractivity contribution >= 4 is 39.9 Å². The van der Waals surface area contributed by atoms with E-state index in [1.54, 1.807) is 12.6 Å². The van der Waals surface area contributed by atoms with Crippen molar-refractivity contribution in [2.24, 2.45) is 0 Å². The minimum Gasteiger partial charge on any atom is -0.497 e. The highest BCUT2D eigenvalue weighted by atomic mass is 35.5. The SMILES string of the molecule is CCCCCCCCCCCCn1cncc1C.COc1ccccc1B(CC=CCl)c1cc(C(C)(C)C)cs1. The zero-order valence-corrected chi connectivity index (χ0v) is 27.5. The molecule has 3 rings (SSSR count). The molecule has 3 nitrogen and oxygen atoms in total. The maximum atomic E-state index is 5.76. The van der Waals surface area contributed by atoms with Crippen molar-refractivity contribution < 1.29 is 4.74 Å². The first-order valence-corrected chi connectivity index (χ1v) is 16.6. The molecule has 0 saturated carbocycles. The predicted molar refractivity (Wildman–Crippen MR) is 180 cm³/mol. The summed E-state index contributed by atoms with van der Waals surface area (Å²) in [7, 11) is 1.72. The molecule has 6 heteroatoms. The number of imidazole rings is 1. The smallest absolute Gasteiger partial charge is 0.230 e. The van der Waals surface area contributed by atoms with Crippen LogP contribution >= 0.6 is 22.9 Å². The van der Waals surface area contributed by atoms with E-state index in [0.29, 0.717) is 0 Å². The van der Waals surface area contributed by atoms with E-state index in [1.807, 2.05) is 42.1 Å². The van der Waals surface area contributed by atoms with Gasteiger partial charge < -0.3 is 9.30 Å². The van der Waals surface area contributed by atoms with Gasteiger partial charge in [-0.3, -0.25) is 0 Å². The van der Waals surface area contributed by atoms with Crippen LogP contribution in [0.15, 0.2) is 59.8 Å². The first-order valence-electron chi connectivity index (χ1n) is 15.3. The summed E-state index contributed by atoms with van der Waals surface area (Å²) in [6, 6.07) is 10.6. The molecule has 0 bridgehead atoms. The number of ether oxygens (including phenoxy) is 1. The van der Waals surface area contributed by atoms with Crippen LogP contribution in [0.25, 0.3) is 0 Å². The summed E-state index contributed by atoms with van der Waals surface area (Å²) in [4.78, 5) is 4.15. The van der Waals surface area contributed by atoms with Crippen LogP contribution in [0.5, 0.6) is 5.75 Å².